The Labute approximate surface area is 146 Å². The number of ether oxygens (including phenoxy) is 3. The lowest BCUT2D eigenvalue weighted by molar-refractivity contribution is 0.00167. The highest BCUT2D eigenvalue weighted by Crippen LogP contribution is 2.24. The standard InChI is InChI=1S/C14H22N4O6S/c1-22-12-5-4-11(13(17-12)23-2)16-14(19)15-8-10-9-18(6-7-24-10)25(3,20)21/h4-5,10H,6-9H2,1-3H3,(H2,15,16,19)/t10-/m1/s1. The zero-order valence-electron chi connectivity index (χ0n) is 14.3. The number of carbonyl (C=O) groups is 1. The lowest BCUT2D eigenvalue weighted by Gasteiger charge is -2.31. The summed E-state index contributed by atoms with van der Waals surface area (Å²) in [6.45, 7) is 0.976. The van der Waals surface area contributed by atoms with Crippen LogP contribution in [0.5, 0.6) is 11.8 Å². The highest BCUT2D eigenvalue weighted by molar-refractivity contribution is 7.88. The number of sulfonamides is 1. The number of nitrogens with one attached hydrogen (secondary N) is 2. The van der Waals surface area contributed by atoms with Gasteiger partial charge in [-0.2, -0.15) is 9.29 Å². The van der Waals surface area contributed by atoms with Crippen LogP contribution in [0.25, 0.3) is 0 Å². The normalized spacial score (nSPS) is 18.4. The molecular weight excluding hydrogens is 352 g/mol. The molecule has 25 heavy (non-hydrogen) atoms. The molecule has 0 unspecified atom stereocenters. The quantitative estimate of drug-likeness (QED) is 0.712. The highest BCUT2D eigenvalue weighted by Gasteiger charge is 2.26. The number of morpholine rings is 1. The van der Waals surface area contributed by atoms with E-state index in [0.29, 0.717) is 18.1 Å². The van der Waals surface area contributed by atoms with Gasteiger partial charge < -0.3 is 24.8 Å². The molecule has 2 rings (SSSR count). The van der Waals surface area contributed by atoms with E-state index in [-0.39, 0.29) is 25.6 Å². The summed E-state index contributed by atoms with van der Waals surface area (Å²) in [7, 11) is -0.364. The first-order valence-electron chi connectivity index (χ1n) is 7.54. The molecule has 0 bridgehead atoms. The molecule has 0 aromatic carbocycles. The van der Waals surface area contributed by atoms with Gasteiger partial charge in [-0.3, -0.25) is 0 Å². The van der Waals surface area contributed by atoms with E-state index in [4.69, 9.17) is 14.2 Å². The molecule has 0 spiro atoms. The van der Waals surface area contributed by atoms with Crippen LogP contribution < -0.4 is 20.1 Å². The van der Waals surface area contributed by atoms with E-state index in [1.165, 1.54) is 18.5 Å². The molecule has 1 aromatic rings. The third-order valence-corrected chi connectivity index (χ3v) is 4.82. The Morgan fingerprint density at radius 3 is 2.80 bits per heavy atom. The number of hydrogen-bond donors (Lipinski definition) is 2. The van der Waals surface area contributed by atoms with Gasteiger partial charge in [0.1, 0.15) is 5.69 Å². The summed E-state index contributed by atoms with van der Waals surface area (Å²) >= 11 is 0. The SMILES string of the molecule is COc1ccc(NC(=O)NC[C@@H]2CN(S(C)(=O)=O)CCO2)c(OC)n1. The highest BCUT2D eigenvalue weighted by atomic mass is 32.2. The Morgan fingerprint density at radius 1 is 1.40 bits per heavy atom. The fourth-order valence-corrected chi connectivity index (χ4v) is 3.12. The van der Waals surface area contributed by atoms with Crippen molar-refractivity contribution >= 4 is 21.7 Å². The second kappa shape index (κ2) is 8.32. The summed E-state index contributed by atoms with van der Waals surface area (Å²) in [5, 5.41) is 5.25. The van der Waals surface area contributed by atoms with Gasteiger partial charge in [0, 0.05) is 25.7 Å². The maximum absolute atomic E-state index is 12.0. The Morgan fingerprint density at radius 2 is 2.16 bits per heavy atom. The number of aromatic nitrogens is 1. The first-order valence-corrected chi connectivity index (χ1v) is 9.39. The third-order valence-electron chi connectivity index (χ3n) is 3.55. The van der Waals surface area contributed by atoms with Crippen molar-refractivity contribution in [3.63, 3.8) is 0 Å². The van der Waals surface area contributed by atoms with Crippen LogP contribution in [0.3, 0.4) is 0 Å². The summed E-state index contributed by atoms with van der Waals surface area (Å²) in [4.78, 5) is 16.1. The van der Waals surface area contributed by atoms with Crippen molar-refractivity contribution in [3.05, 3.63) is 12.1 Å². The molecule has 2 heterocycles. The Balaban J connectivity index is 1.89. The van der Waals surface area contributed by atoms with E-state index in [9.17, 15) is 13.2 Å². The van der Waals surface area contributed by atoms with Crippen LogP contribution in [0, 0.1) is 0 Å². The molecule has 2 amide bonds. The van der Waals surface area contributed by atoms with Crippen LogP contribution in [0.4, 0.5) is 10.5 Å². The molecule has 0 radical (unpaired) electrons. The zero-order chi connectivity index (χ0) is 18.4. The van der Waals surface area contributed by atoms with E-state index in [2.05, 4.69) is 15.6 Å². The Bertz CT molecular complexity index is 711. The number of amides is 2. The van der Waals surface area contributed by atoms with Gasteiger partial charge in [0.2, 0.25) is 21.8 Å². The first kappa shape index (κ1) is 19.2. The van der Waals surface area contributed by atoms with Gasteiger partial charge in [0.05, 0.1) is 33.2 Å². The molecule has 0 aliphatic carbocycles. The summed E-state index contributed by atoms with van der Waals surface area (Å²) < 4.78 is 40.0. The van der Waals surface area contributed by atoms with Gasteiger partial charge in [-0.15, -0.1) is 0 Å². The maximum Gasteiger partial charge on any atom is 0.319 e. The minimum absolute atomic E-state index is 0.170. The Kier molecular flexibility index (Phi) is 6.39. The fourth-order valence-electron chi connectivity index (χ4n) is 2.28. The number of rotatable bonds is 6. The second-order valence-electron chi connectivity index (χ2n) is 5.36. The number of urea groups is 1. The summed E-state index contributed by atoms with van der Waals surface area (Å²) in [6.07, 6.45) is 0.739. The predicted octanol–water partition coefficient (Wildman–Crippen LogP) is -0.119. The Hall–Kier alpha value is -2.11. The number of hydrogen-bond acceptors (Lipinski definition) is 7. The van der Waals surface area contributed by atoms with Crippen molar-refractivity contribution in [1.29, 1.82) is 0 Å². The fraction of sp³-hybridized carbons (Fsp3) is 0.571. The third kappa shape index (κ3) is 5.44. The molecule has 1 aromatic heterocycles. The van der Waals surface area contributed by atoms with E-state index in [0.717, 1.165) is 6.26 Å². The van der Waals surface area contributed by atoms with E-state index >= 15 is 0 Å². The second-order valence-corrected chi connectivity index (χ2v) is 7.34. The molecule has 2 N–H and O–H groups in total. The number of methoxy groups -OCH3 is 2. The van der Waals surface area contributed by atoms with Gasteiger partial charge in [-0.25, -0.2) is 13.2 Å². The molecular formula is C14H22N4O6S. The lowest BCUT2D eigenvalue weighted by atomic mass is 10.3. The van der Waals surface area contributed by atoms with Crippen LogP contribution in [0.1, 0.15) is 0 Å². The van der Waals surface area contributed by atoms with Crippen LogP contribution in [0.15, 0.2) is 12.1 Å². The topological polar surface area (TPSA) is 119 Å². The van der Waals surface area contributed by atoms with Gasteiger partial charge in [-0.1, -0.05) is 0 Å². The van der Waals surface area contributed by atoms with Crippen molar-refractivity contribution in [2.75, 3.05) is 52.0 Å². The largest absolute Gasteiger partial charge is 0.481 e. The zero-order valence-corrected chi connectivity index (χ0v) is 15.1. The van der Waals surface area contributed by atoms with Crippen molar-refractivity contribution in [3.8, 4) is 11.8 Å². The van der Waals surface area contributed by atoms with Crippen LogP contribution in [-0.4, -0.2) is 76.6 Å². The van der Waals surface area contributed by atoms with E-state index in [1.54, 1.807) is 12.1 Å². The van der Waals surface area contributed by atoms with Crippen molar-refractivity contribution in [2.24, 2.45) is 0 Å². The molecule has 10 nitrogen and oxygen atoms in total. The smallest absolute Gasteiger partial charge is 0.319 e. The van der Waals surface area contributed by atoms with Gasteiger partial charge in [-0.05, 0) is 6.07 Å². The van der Waals surface area contributed by atoms with E-state index < -0.39 is 22.2 Å². The van der Waals surface area contributed by atoms with Crippen LogP contribution in [-0.2, 0) is 14.8 Å². The number of anilines is 1. The van der Waals surface area contributed by atoms with Gasteiger partial charge >= 0.3 is 6.03 Å². The van der Waals surface area contributed by atoms with E-state index in [1.807, 2.05) is 0 Å². The monoisotopic (exact) mass is 374 g/mol. The van der Waals surface area contributed by atoms with Crippen molar-refractivity contribution in [1.82, 2.24) is 14.6 Å². The summed E-state index contributed by atoms with van der Waals surface area (Å²) in [6, 6.07) is 2.71. The van der Waals surface area contributed by atoms with Gasteiger partial charge in [0.15, 0.2) is 0 Å². The van der Waals surface area contributed by atoms with Crippen molar-refractivity contribution < 1.29 is 27.4 Å². The average Bonchev–Trinajstić information content (AvgIpc) is 2.60. The number of carbonyl (C=O) groups excluding carboxylic acids is 1. The predicted molar refractivity (Wildman–Crippen MR) is 90.5 cm³/mol. The minimum Gasteiger partial charge on any atom is -0.481 e. The van der Waals surface area contributed by atoms with Crippen molar-refractivity contribution in [2.45, 2.75) is 6.10 Å². The maximum atomic E-state index is 12.0. The minimum atomic E-state index is -3.27. The molecule has 1 atom stereocenters. The van der Waals surface area contributed by atoms with Crippen LogP contribution in [0.2, 0.25) is 0 Å². The molecule has 1 aliphatic rings. The summed E-state index contributed by atoms with van der Waals surface area (Å²) in [5.41, 5.74) is 0.378. The molecule has 1 aliphatic heterocycles. The molecule has 0 saturated carbocycles. The molecule has 1 fully saturated rings. The number of nitrogens with zero attached hydrogens (tertiary/aromatic N) is 2. The molecule has 11 heteroatoms. The first-order chi connectivity index (χ1) is 11.8. The summed E-state index contributed by atoms with van der Waals surface area (Å²) in [5.74, 6) is 0.575. The average molecular weight is 374 g/mol. The molecule has 1 saturated heterocycles. The molecule has 140 valence electrons. The number of pyridine rings is 1. The van der Waals surface area contributed by atoms with Gasteiger partial charge in [0.25, 0.3) is 0 Å². The van der Waals surface area contributed by atoms with Crippen LogP contribution >= 0.6 is 0 Å². The lowest BCUT2D eigenvalue weighted by Crippen LogP contribution is -2.49.